The predicted octanol–water partition coefficient (Wildman–Crippen LogP) is 3.29. The first-order valence-corrected chi connectivity index (χ1v) is 10.9. The largest absolute Gasteiger partial charge is 0.726 e. The number of hydrogen-bond donors (Lipinski definition) is 0. The highest BCUT2D eigenvalue weighted by Crippen LogP contribution is 2.05. The van der Waals surface area contributed by atoms with Gasteiger partial charge in [-0.1, -0.05) is 52.4 Å². The quantitative estimate of drug-likeness (QED) is 0.175. The molecule has 1 aromatic rings. The van der Waals surface area contributed by atoms with Gasteiger partial charge in [-0.3, -0.25) is 4.18 Å². The fourth-order valence-corrected chi connectivity index (χ4v) is 2.47. The maximum Gasteiger partial charge on any atom is 0.344 e. The average molecular weight is 404 g/mol. The predicted molar refractivity (Wildman–Crippen MR) is 102 cm³/mol. The lowest BCUT2D eigenvalue weighted by molar-refractivity contribution is -0.671. The molecule has 0 bridgehead atoms. The Kier molecular flexibility index (Phi) is 14.7. The molecule has 0 spiro atoms. The Balaban J connectivity index is 0.000000503. The number of unbranched alkanes of at least 4 members (excludes halogenated alkanes) is 6. The number of aryl methyl sites for hydroxylation is 1. The van der Waals surface area contributed by atoms with Gasteiger partial charge in [-0.05, 0) is 18.9 Å². The summed E-state index contributed by atoms with van der Waals surface area (Å²) in [7, 11) is -2.59. The number of pyridine rings is 1. The Hall–Kier alpha value is -1.51. The molecular weight excluding hydrogens is 370 g/mol. The third-order valence-electron chi connectivity index (χ3n) is 3.63. The molecule has 0 fully saturated rings. The molecule has 1 heterocycles. The van der Waals surface area contributed by atoms with E-state index in [4.69, 9.17) is 4.74 Å². The van der Waals surface area contributed by atoms with Crippen molar-refractivity contribution >= 4 is 16.4 Å². The van der Waals surface area contributed by atoms with Crippen molar-refractivity contribution < 1.29 is 31.3 Å². The minimum Gasteiger partial charge on any atom is -0.726 e. The molecule has 0 aliphatic rings. The van der Waals surface area contributed by atoms with Crippen molar-refractivity contribution in [2.75, 3.05) is 13.2 Å². The molecule has 0 unspecified atom stereocenters. The molecular formula is C19H33NO6S. The molecule has 7 nitrogen and oxygen atoms in total. The van der Waals surface area contributed by atoms with Crippen LogP contribution in [0, 0.1) is 0 Å². The maximum absolute atomic E-state index is 11.4. The second-order valence-corrected chi connectivity index (χ2v) is 7.30. The molecule has 0 aliphatic carbocycles. The van der Waals surface area contributed by atoms with Crippen LogP contribution in [0.1, 0.15) is 75.6 Å². The second kappa shape index (κ2) is 15.5. The number of aromatic nitrogens is 1. The van der Waals surface area contributed by atoms with Crippen LogP contribution >= 0.6 is 0 Å². The van der Waals surface area contributed by atoms with Crippen molar-refractivity contribution in [2.45, 2.75) is 65.2 Å². The monoisotopic (exact) mass is 403 g/mol. The third-order valence-corrected chi connectivity index (χ3v) is 4.09. The van der Waals surface area contributed by atoms with Crippen molar-refractivity contribution in [3.63, 3.8) is 0 Å². The van der Waals surface area contributed by atoms with Gasteiger partial charge in [0.05, 0.1) is 13.2 Å². The minimum absolute atomic E-state index is 0.0258. The summed E-state index contributed by atoms with van der Waals surface area (Å²) in [5, 5.41) is 0. The van der Waals surface area contributed by atoms with Gasteiger partial charge < -0.3 is 9.29 Å². The van der Waals surface area contributed by atoms with Gasteiger partial charge in [0.25, 0.3) is 0 Å². The number of ether oxygens (including phenoxy) is 1. The molecule has 0 atom stereocenters. The third kappa shape index (κ3) is 16.4. The van der Waals surface area contributed by atoms with Crippen LogP contribution < -0.4 is 4.57 Å². The molecule has 8 heteroatoms. The summed E-state index contributed by atoms with van der Waals surface area (Å²) in [6.45, 7) is 4.73. The molecule has 156 valence electrons. The first kappa shape index (κ1) is 25.5. The van der Waals surface area contributed by atoms with Crippen LogP contribution in [0.25, 0.3) is 0 Å². The van der Waals surface area contributed by atoms with Gasteiger partial charge in [-0.25, -0.2) is 17.8 Å². The van der Waals surface area contributed by atoms with Gasteiger partial charge in [0.1, 0.15) is 12.6 Å². The number of hydrogen-bond acceptors (Lipinski definition) is 6. The Morgan fingerprint density at radius 2 is 1.67 bits per heavy atom. The van der Waals surface area contributed by atoms with Crippen LogP contribution in [-0.4, -0.2) is 32.2 Å². The molecule has 0 N–H and O–H groups in total. The van der Waals surface area contributed by atoms with Gasteiger partial charge in [0, 0.05) is 6.07 Å². The number of nitrogens with zero attached hydrogens (tertiary/aromatic N) is 1. The van der Waals surface area contributed by atoms with E-state index in [2.05, 4.69) is 18.0 Å². The molecule has 0 aromatic carbocycles. The summed E-state index contributed by atoms with van der Waals surface area (Å²) in [6, 6.07) is 3.59. The number of esters is 1. The van der Waals surface area contributed by atoms with Gasteiger partial charge in [0.15, 0.2) is 12.4 Å². The van der Waals surface area contributed by atoms with Crippen molar-refractivity contribution in [1.29, 1.82) is 0 Å². The standard InChI is InChI=1S/C11H16NO2.C8H18O4S/c1-3-4-8-14-11(13)10-6-5-7-12(2)9-10;1-2-3-4-5-6-7-8-12-13(9,10)11/h5-7,9H,3-4,8H2,1-2H3;2-8H2,1H3,(H,9,10,11)/q+1;/p-1. The first-order valence-electron chi connectivity index (χ1n) is 9.52. The Labute approximate surface area is 163 Å². The highest BCUT2D eigenvalue weighted by atomic mass is 32.3. The Morgan fingerprint density at radius 1 is 1.04 bits per heavy atom. The van der Waals surface area contributed by atoms with Gasteiger partial charge in [-0.2, -0.15) is 0 Å². The lowest BCUT2D eigenvalue weighted by Gasteiger charge is -2.06. The zero-order valence-electron chi connectivity index (χ0n) is 16.7. The number of carbonyl (C=O) groups is 1. The summed E-state index contributed by atoms with van der Waals surface area (Å²) in [5.74, 6) is -0.241. The van der Waals surface area contributed by atoms with E-state index in [1.54, 1.807) is 12.3 Å². The van der Waals surface area contributed by atoms with E-state index >= 15 is 0 Å². The van der Waals surface area contributed by atoms with Crippen LogP contribution in [0.4, 0.5) is 0 Å². The van der Waals surface area contributed by atoms with Gasteiger partial charge >= 0.3 is 5.97 Å². The van der Waals surface area contributed by atoms with E-state index in [1.807, 2.05) is 23.9 Å². The van der Waals surface area contributed by atoms with E-state index in [0.29, 0.717) is 18.6 Å². The summed E-state index contributed by atoms with van der Waals surface area (Å²) in [4.78, 5) is 11.4. The van der Waals surface area contributed by atoms with Crippen molar-refractivity contribution in [2.24, 2.45) is 7.05 Å². The Morgan fingerprint density at radius 3 is 2.26 bits per heavy atom. The number of carbonyl (C=O) groups excluding carboxylic acids is 1. The van der Waals surface area contributed by atoms with Crippen molar-refractivity contribution in [1.82, 2.24) is 0 Å². The molecule has 0 saturated carbocycles. The lowest BCUT2D eigenvalue weighted by Crippen LogP contribution is -2.28. The average Bonchev–Trinajstić information content (AvgIpc) is 2.61. The fraction of sp³-hybridized carbons (Fsp3) is 0.684. The second-order valence-electron chi connectivity index (χ2n) is 6.25. The molecule has 27 heavy (non-hydrogen) atoms. The number of rotatable bonds is 12. The van der Waals surface area contributed by atoms with Crippen LogP contribution in [0.15, 0.2) is 24.5 Å². The Bertz CT molecular complexity index is 618. The summed E-state index contributed by atoms with van der Waals surface area (Å²) < 4.78 is 40.9. The van der Waals surface area contributed by atoms with E-state index in [1.165, 1.54) is 19.3 Å². The molecule has 1 rings (SSSR count). The summed E-state index contributed by atoms with van der Waals surface area (Å²) >= 11 is 0. The smallest absolute Gasteiger partial charge is 0.344 e. The van der Waals surface area contributed by atoms with Crippen molar-refractivity contribution in [3.05, 3.63) is 30.1 Å². The van der Waals surface area contributed by atoms with Crippen LogP contribution in [0.5, 0.6) is 0 Å². The lowest BCUT2D eigenvalue weighted by atomic mass is 10.1. The molecule has 0 saturated heterocycles. The highest BCUT2D eigenvalue weighted by Gasteiger charge is 2.09. The minimum atomic E-state index is -4.47. The zero-order chi connectivity index (χ0) is 20.5. The van der Waals surface area contributed by atoms with E-state index in [9.17, 15) is 17.8 Å². The highest BCUT2D eigenvalue weighted by molar-refractivity contribution is 7.80. The maximum atomic E-state index is 11.4. The fourth-order valence-electron chi connectivity index (χ4n) is 2.14. The van der Waals surface area contributed by atoms with E-state index in [-0.39, 0.29) is 12.6 Å². The van der Waals surface area contributed by atoms with E-state index < -0.39 is 10.4 Å². The van der Waals surface area contributed by atoms with Gasteiger partial charge in [0.2, 0.25) is 10.4 Å². The van der Waals surface area contributed by atoms with E-state index in [0.717, 1.165) is 25.7 Å². The first-order chi connectivity index (χ1) is 12.8. The molecule has 1 aromatic heterocycles. The van der Waals surface area contributed by atoms with Crippen LogP contribution in [0.3, 0.4) is 0 Å². The zero-order valence-corrected chi connectivity index (χ0v) is 17.5. The normalized spacial score (nSPS) is 10.8. The van der Waals surface area contributed by atoms with Gasteiger partial charge in [-0.15, -0.1) is 0 Å². The van der Waals surface area contributed by atoms with Crippen LogP contribution in [-0.2, 0) is 26.4 Å². The molecule has 0 radical (unpaired) electrons. The summed E-state index contributed by atoms with van der Waals surface area (Å²) in [6.07, 6.45) is 11.8. The van der Waals surface area contributed by atoms with Crippen molar-refractivity contribution in [3.8, 4) is 0 Å². The molecule has 0 amide bonds. The van der Waals surface area contributed by atoms with Crippen LogP contribution in [0.2, 0.25) is 0 Å². The SMILES string of the molecule is CCCCCCCCOS(=O)(=O)[O-].CCCCOC(=O)c1ccc[n+](C)c1. The molecule has 0 aliphatic heterocycles. The topological polar surface area (TPSA) is 96.6 Å². The summed E-state index contributed by atoms with van der Waals surface area (Å²) in [5.41, 5.74) is 0.603.